The van der Waals surface area contributed by atoms with Crippen molar-refractivity contribution in [3.63, 3.8) is 0 Å². The van der Waals surface area contributed by atoms with Crippen molar-refractivity contribution < 1.29 is 17.9 Å². The molecular formula is C20H19ClN2O4S. The van der Waals surface area contributed by atoms with E-state index < -0.39 is 10.0 Å². The first-order valence-corrected chi connectivity index (χ1v) is 10.7. The molecule has 6 nitrogen and oxygen atoms in total. The molecule has 0 N–H and O–H groups in total. The highest BCUT2D eigenvalue weighted by molar-refractivity contribution is 7.89. The zero-order valence-corrected chi connectivity index (χ0v) is 16.6. The number of rotatable bonds is 5. The van der Waals surface area contributed by atoms with E-state index in [2.05, 4.69) is 4.98 Å². The monoisotopic (exact) mass is 418 g/mol. The summed E-state index contributed by atoms with van der Waals surface area (Å²) in [5, 5.41) is 1.38. The van der Waals surface area contributed by atoms with Gasteiger partial charge in [-0.3, -0.25) is 0 Å². The number of fused-ring (bicyclic) bond motifs is 1. The number of ether oxygens (including phenoxy) is 2. The molecule has 146 valence electrons. The minimum atomic E-state index is -3.51. The fourth-order valence-corrected chi connectivity index (χ4v) is 4.65. The first-order chi connectivity index (χ1) is 13.5. The van der Waals surface area contributed by atoms with Crippen molar-refractivity contribution in [3.05, 3.63) is 65.3 Å². The van der Waals surface area contributed by atoms with Crippen LogP contribution in [0, 0.1) is 0 Å². The van der Waals surface area contributed by atoms with E-state index in [0.717, 1.165) is 16.5 Å². The third-order valence-corrected chi connectivity index (χ3v) is 6.82. The van der Waals surface area contributed by atoms with Gasteiger partial charge in [-0.1, -0.05) is 29.8 Å². The minimum Gasteiger partial charge on any atom is -0.489 e. The molecule has 2 aromatic carbocycles. The van der Waals surface area contributed by atoms with Gasteiger partial charge < -0.3 is 9.47 Å². The zero-order chi connectivity index (χ0) is 19.6. The predicted octanol–water partition coefficient (Wildman–Crippen LogP) is 3.49. The summed E-state index contributed by atoms with van der Waals surface area (Å²) in [6, 6.07) is 16.1. The Hall–Kier alpha value is -2.19. The van der Waals surface area contributed by atoms with Gasteiger partial charge in [-0.25, -0.2) is 13.4 Å². The van der Waals surface area contributed by atoms with Crippen molar-refractivity contribution in [3.8, 4) is 5.75 Å². The summed E-state index contributed by atoms with van der Waals surface area (Å²) in [5.74, 6) is 0.560. The van der Waals surface area contributed by atoms with Crippen LogP contribution in [0.2, 0.25) is 5.15 Å². The lowest BCUT2D eigenvalue weighted by molar-refractivity contribution is 0.0730. The van der Waals surface area contributed by atoms with Crippen molar-refractivity contribution in [2.75, 3.05) is 26.3 Å². The second-order valence-electron chi connectivity index (χ2n) is 6.41. The number of hydrogen-bond acceptors (Lipinski definition) is 5. The highest BCUT2D eigenvalue weighted by atomic mass is 35.5. The van der Waals surface area contributed by atoms with Crippen molar-refractivity contribution >= 4 is 32.5 Å². The highest BCUT2D eigenvalue weighted by Crippen LogP contribution is 2.24. The third kappa shape index (κ3) is 3.98. The summed E-state index contributed by atoms with van der Waals surface area (Å²) in [6.45, 7) is 1.82. The number of hydrogen-bond donors (Lipinski definition) is 0. The van der Waals surface area contributed by atoms with E-state index in [1.807, 2.05) is 30.3 Å². The van der Waals surface area contributed by atoms with Crippen LogP contribution in [0.25, 0.3) is 10.9 Å². The fourth-order valence-electron chi connectivity index (χ4n) is 3.04. The van der Waals surface area contributed by atoms with E-state index in [9.17, 15) is 8.42 Å². The molecule has 0 unspecified atom stereocenters. The fraction of sp³-hybridized carbons (Fsp3) is 0.250. The van der Waals surface area contributed by atoms with E-state index in [0.29, 0.717) is 37.2 Å². The number of benzene rings is 2. The number of nitrogens with zero attached hydrogens (tertiary/aromatic N) is 2. The molecule has 1 saturated heterocycles. The molecule has 1 aliphatic heterocycles. The lowest BCUT2D eigenvalue weighted by Crippen LogP contribution is -2.40. The van der Waals surface area contributed by atoms with E-state index in [1.165, 1.54) is 4.31 Å². The summed E-state index contributed by atoms with van der Waals surface area (Å²) in [7, 11) is -3.51. The maximum absolute atomic E-state index is 12.7. The van der Waals surface area contributed by atoms with Gasteiger partial charge >= 0.3 is 0 Å². The zero-order valence-electron chi connectivity index (χ0n) is 15.0. The molecule has 0 radical (unpaired) electrons. The second kappa shape index (κ2) is 8.05. The summed E-state index contributed by atoms with van der Waals surface area (Å²) >= 11 is 6.25. The van der Waals surface area contributed by atoms with E-state index in [4.69, 9.17) is 21.1 Å². The maximum atomic E-state index is 12.7. The largest absolute Gasteiger partial charge is 0.489 e. The SMILES string of the molecule is O=S(=O)(c1ccc(OCc2cc3ccccc3nc2Cl)cc1)N1CCOCC1. The molecular weight excluding hydrogens is 400 g/mol. The Kier molecular flexibility index (Phi) is 5.50. The summed E-state index contributed by atoms with van der Waals surface area (Å²) < 4.78 is 37.7. The average molecular weight is 419 g/mol. The highest BCUT2D eigenvalue weighted by Gasteiger charge is 2.26. The van der Waals surface area contributed by atoms with Gasteiger partial charge in [0.15, 0.2) is 0 Å². The first kappa shape index (κ1) is 19.1. The van der Waals surface area contributed by atoms with Gasteiger partial charge in [-0.15, -0.1) is 0 Å². The maximum Gasteiger partial charge on any atom is 0.243 e. The Labute approximate surface area is 168 Å². The molecule has 1 fully saturated rings. The molecule has 0 aliphatic carbocycles. The molecule has 8 heteroatoms. The Morgan fingerprint density at radius 2 is 1.79 bits per heavy atom. The Balaban J connectivity index is 1.47. The lowest BCUT2D eigenvalue weighted by atomic mass is 10.2. The van der Waals surface area contributed by atoms with Crippen LogP contribution in [0.15, 0.2) is 59.5 Å². The summed E-state index contributed by atoms with van der Waals surface area (Å²) in [4.78, 5) is 4.62. The molecule has 0 spiro atoms. The van der Waals surface area contributed by atoms with Gasteiger partial charge in [-0.05, 0) is 36.4 Å². The average Bonchev–Trinajstić information content (AvgIpc) is 2.73. The number of morpholine rings is 1. The van der Waals surface area contributed by atoms with Gasteiger partial charge in [0, 0.05) is 24.0 Å². The summed E-state index contributed by atoms with van der Waals surface area (Å²) in [5.41, 5.74) is 1.60. The smallest absolute Gasteiger partial charge is 0.243 e. The number of pyridine rings is 1. The Morgan fingerprint density at radius 3 is 2.54 bits per heavy atom. The van der Waals surface area contributed by atoms with Gasteiger partial charge in [0.1, 0.15) is 17.5 Å². The van der Waals surface area contributed by atoms with Crippen LogP contribution in [0.4, 0.5) is 0 Å². The first-order valence-electron chi connectivity index (χ1n) is 8.89. The number of sulfonamides is 1. The van der Waals surface area contributed by atoms with Gasteiger partial charge in [0.05, 0.1) is 23.6 Å². The number of halogens is 1. The number of para-hydroxylation sites is 1. The van der Waals surface area contributed by atoms with E-state index >= 15 is 0 Å². The molecule has 0 amide bonds. The quantitative estimate of drug-likeness (QED) is 0.593. The molecule has 0 atom stereocenters. The van der Waals surface area contributed by atoms with Crippen LogP contribution in [0.5, 0.6) is 5.75 Å². The third-order valence-electron chi connectivity index (χ3n) is 4.58. The van der Waals surface area contributed by atoms with Crippen molar-refractivity contribution in [2.24, 2.45) is 0 Å². The van der Waals surface area contributed by atoms with Crippen LogP contribution in [0.3, 0.4) is 0 Å². The van der Waals surface area contributed by atoms with E-state index in [-0.39, 0.29) is 11.5 Å². The molecule has 2 heterocycles. The second-order valence-corrected chi connectivity index (χ2v) is 8.70. The standard InChI is InChI=1S/C20H19ClN2O4S/c21-20-16(13-15-3-1-2-4-19(15)22-20)14-27-17-5-7-18(8-6-17)28(24,25)23-9-11-26-12-10-23/h1-8,13H,9-12,14H2. The van der Waals surface area contributed by atoms with Gasteiger partial charge in [0.25, 0.3) is 0 Å². The molecule has 0 bridgehead atoms. The molecule has 1 aromatic heterocycles. The number of aromatic nitrogens is 1. The van der Waals surface area contributed by atoms with Crippen LogP contribution in [-0.2, 0) is 21.4 Å². The van der Waals surface area contributed by atoms with Crippen molar-refractivity contribution in [2.45, 2.75) is 11.5 Å². The Morgan fingerprint density at radius 1 is 1.07 bits per heavy atom. The minimum absolute atomic E-state index is 0.242. The molecule has 0 saturated carbocycles. The predicted molar refractivity (Wildman–Crippen MR) is 107 cm³/mol. The van der Waals surface area contributed by atoms with Crippen LogP contribution in [0.1, 0.15) is 5.56 Å². The topological polar surface area (TPSA) is 68.7 Å². The van der Waals surface area contributed by atoms with Crippen LogP contribution < -0.4 is 4.74 Å². The summed E-state index contributed by atoms with van der Waals surface area (Å²) in [6.07, 6.45) is 0. The van der Waals surface area contributed by atoms with Crippen molar-refractivity contribution in [1.82, 2.24) is 9.29 Å². The van der Waals surface area contributed by atoms with Crippen LogP contribution >= 0.6 is 11.6 Å². The lowest BCUT2D eigenvalue weighted by Gasteiger charge is -2.26. The van der Waals surface area contributed by atoms with E-state index in [1.54, 1.807) is 24.3 Å². The van der Waals surface area contributed by atoms with Crippen LogP contribution in [-0.4, -0.2) is 44.0 Å². The van der Waals surface area contributed by atoms with Gasteiger partial charge in [0.2, 0.25) is 10.0 Å². The van der Waals surface area contributed by atoms with Gasteiger partial charge in [-0.2, -0.15) is 4.31 Å². The Bertz CT molecular complexity index is 1080. The molecule has 1 aliphatic rings. The molecule has 4 rings (SSSR count). The molecule has 3 aromatic rings. The molecule has 28 heavy (non-hydrogen) atoms. The van der Waals surface area contributed by atoms with Crippen molar-refractivity contribution in [1.29, 1.82) is 0 Å². The normalized spacial score (nSPS) is 15.6.